The smallest absolute Gasteiger partial charge is 0.147 e. The van der Waals surface area contributed by atoms with Crippen LogP contribution >= 0.6 is 24.8 Å². The third kappa shape index (κ3) is 5.81. The van der Waals surface area contributed by atoms with Crippen molar-refractivity contribution >= 4 is 43.8 Å². The van der Waals surface area contributed by atoms with Gasteiger partial charge in [0, 0.05) is 0 Å². The first kappa shape index (κ1) is 34.6. The van der Waals surface area contributed by atoms with Gasteiger partial charge in [0.05, 0.1) is 0 Å². The Morgan fingerprint density at radius 2 is 1.07 bits per heavy atom. The minimum Gasteiger partial charge on any atom is -0.147 e. The van der Waals surface area contributed by atoms with Crippen molar-refractivity contribution in [3.63, 3.8) is 0 Å². The van der Waals surface area contributed by atoms with Gasteiger partial charge in [0.2, 0.25) is 0 Å². The first-order valence-corrected chi connectivity index (χ1v) is 29.7. The zero-order valence-corrected chi connectivity index (χ0v) is 33.0. The van der Waals surface area contributed by atoms with E-state index in [1.165, 1.54) is 44.5 Å². The molecule has 2 atom stereocenters. The number of allylic oxidation sites excluding steroid dienone is 2. The van der Waals surface area contributed by atoms with Gasteiger partial charge >= 0.3 is 268 Å². The van der Waals surface area contributed by atoms with Gasteiger partial charge in [-0.3, -0.25) is 0 Å². The van der Waals surface area contributed by atoms with Gasteiger partial charge in [0.1, 0.15) is 0 Å². The van der Waals surface area contributed by atoms with Crippen LogP contribution in [0.1, 0.15) is 50.3 Å². The van der Waals surface area contributed by atoms with Crippen LogP contribution < -0.4 is 0 Å². The molecule has 2 aliphatic rings. The topological polar surface area (TPSA) is 0 Å². The van der Waals surface area contributed by atoms with E-state index in [1.807, 2.05) is 0 Å². The fourth-order valence-electron chi connectivity index (χ4n) is 8.56. The molecule has 0 N–H and O–H groups in total. The molecule has 0 bridgehead atoms. The summed E-state index contributed by atoms with van der Waals surface area (Å²) in [6.07, 6.45) is 5.13. The molecular weight excluding hydrogens is 695 g/mol. The fourth-order valence-corrected chi connectivity index (χ4v) is 29.1. The standard InChI is InChI=1S/C22H17.C18H17.2CH3.2ClH.H2Si.Zr/c1-16-12-20-14-19(17-8-4-2-5-9-17)15-22(21(20)13-16)18-10-6-3-7-11-18;1-13(2)16-11-15-9-6-10-17(18(15)12-16)14-7-4-3-5-8-14;;;;;;/h2-15H,1H3;3-13H,1-2H3;2*1H3;2*1H;1H2;. The monoisotopic (exact) mass is 736 g/mol. The summed E-state index contributed by atoms with van der Waals surface area (Å²) in [5, 5.41) is 0. The van der Waals surface area contributed by atoms with Crippen molar-refractivity contribution in [3.05, 3.63) is 155 Å². The van der Waals surface area contributed by atoms with Crippen LogP contribution in [-0.4, -0.2) is 6.88 Å². The van der Waals surface area contributed by atoms with E-state index in [9.17, 15) is 0 Å². The molecule has 0 saturated carbocycles. The summed E-state index contributed by atoms with van der Waals surface area (Å²) in [7, 11) is 0. The van der Waals surface area contributed by atoms with Crippen molar-refractivity contribution in [3.8, 4) is 33.4 Å². The molecule has 2 aliphatic carbocycles. The Morgan fingerprint density at radius 1 is 0.543 bits per heavy atom. The van der Waals surface area contributed by atoms with Crippen molar-refractivity contribution in [1.82, 2.24) is 0 Å². The molecule has 7 rings (SSSR count). The van der Waals surface area contributed by atoms with Gasteiger partial charge in [0.15, 0.2) is 0 Å². The van der Waals surface area contributed by atoms with Crippen LogP contribution in [0.15, 0.2) is 132 Å². The SMILES string of the molecule is CC1=Cc2c(-c3ccccc3)cc(-c3ccccc3)cc2[CH]1[Zr]([CH3])([CH3])(=[SiH2])[CH]1C(C(C)C)=Cc2c(-c3ccccc3)cccc21.Cl.Cl. The van der Waals surface area contributed by atoms with Gasteiger partial charge in [-0.2, -0.15) is 0 Å². The van der Waals surface area contributed by atoms with E-state index in [4.69, 9.17) is 0 Å². The predicted molar refractivity (Wildman–Crippen MR) is 206 cm³/mol. The number of rotatable bonds is 6. The maximum absolute atomic E-state index is 3.74. The Hall–Kier alpha value is -2.74. The zero-order valence-electron chi connectivity index (χ0n) is 27.5. The van der Waals surface area contributed by atoms with Crippen molar-refractivity contribution in [1.29, 1.82) is 0 Å². The Bertz CT molecular complexity index is 2020. The molecule has 0 radical (unpaired) electrons. The summed E-state index contributed by atoms with van der Waals surface area (Å²) in [6.45, 7) is 9.69. The van der Waals surface area contributed by atoms with E-state index in [0.29, 0.717) is 13.2 Å². The second-order valence-corrected chi connectivity index (χ2v) is 44.9. The normalized spacial score (nSPS) is 16.9. The molecule has 46 heavy (non-hydrogen) atoms. The van der Waals surface area contributed by atoms with Crippen molar-refractivity contribution < 1.29 is 17.4 Å². The average Bonchev–Trinajstić information content (AvgIpc) is 3.61. The van der Waals surface area contributed by atoms with E-state index in [0.717, 1.165) is 0 Å². The molecule has 4 heteroatoms. The van der Waals surface area contributed by atoms with Crippen LogP contribution in [0.3, 0.4) is 0 Å². The van der Waals surface area contributed by atoms with Crippen LogP contribution in [0.25, 0.3) is 45.5 Å². The largest absolute Gasteiger partial charge is 0.147 e. The molecule has 0 spiro atoms. The summed E-state index contributed by atoms with van der Waals surface area (Å²) < 4.78 is 6.49. The van der Waals surface area contributed by atoms with E-state index in [-0.39, 0.29) is 24.8 Å². The molecule has 0 heterocycles. The van der Waals surface area contributed by atoms with Crippen LogP contribution in [0.4, 0.5) is 0 Å². The maximum Gasteiger partial charge on any atom is -0.147 e. The first-order valence-electron chi connectivity index (χ1n) is 16.1. The molecule has 0 saturated heterocycles. The summed E-state index contributed by atoms with van der Waals surface area (Å²) in [4.78, 5) is 0. The molecule has 0 aromatic heterocycles. The number of hydrogen-bond donors (Lipinski definition) is 0. The molecule has 2 unspecified atom stereocenters. The van der Waals surface area contributed by atoms with E-state index in [1.54, 1.807) is 22.3 Å². The van der Waals surface area contributed by atoms with Crippen LogP contribution in [-0.2, 0) is 17.4 Å². The van der Waals surface area contributed by atoms with Crippen LogP contribution in [0.2, 0.25) is 9.26 Å². The van der Waals surface area contributed by atoms with Gasteiger partial charge in [-0.1, -0.05) is 0 Å². The molecule has 0 amide bonds. The van der Waals surface area contributed by atoms with E-state index >= 15 is 0 Å². The van der Waals surface area contributed by atoms with Gasteiger partial charge in [-0.15, -0.1) is 24.8 Å². The molecular formula is C42H44Cl2SiZr. The number of fused-ring (bicyclic) bond motifs is 2. The summed E-state index contributed by atoms with van der Waals surface area (Å²) in [5.41, 5.74) is 17.1. The minimum absolute atomic E-state index is 0. The van der Waals surface area contributed by atoms with Gasteiger partial charge in [-0.05, 0) is 0 Å². The fraction of sp³-hybridized carbons (Fsp3) is 0.190. The summed E-state index contributed by atoms with van der Waals surface area (Å²) in [6, 6.07) is 45.0. The zero-order chi connectivity index (χ0) is 30.7. The van der Waals surface area contributed by atoms with Gasteiger partial charge < -0.3 is 0 Å². The molecule has 234 valence electrons. The average molecular weight is 739 g/mol. The van der Waals surface area contributed by atoms with Crippen molar-refractivity contribution in [2.24, 2.45) is 5.92 Å². The molecule has 5 aromatic rings. The van der Waals surface area contributed by atoms with E-state index < -0.39 is 17.4 Å². The second-order valence-electron chi connectivity index (χ2n) is 14.4. The second kappa shape index (κ2) is 13.0. The minimum atomic E-state index is -3.74. The van der Waals surface area contributed by atoms with Gasteiger partial charge in [-0.25, -0.2) is 0 Å². The Balaban J connectivity index is 0.00000208. The van der Waals surface area contributed by atoms with Crippen molar-refractivity contribution in [2.45, 2.75) is 37.3 Å². The Morgan fingerprint density at radius 3 is 1.63 bits per heavy atom. The Labute approximate surface area is 290 Å². The maximum atomic E-state index is 2.76. The van der Waals surface area contributed by atoms with Gasteiger partial charge in [0.25, 0.3) is 0 Å². The molecule has 5 aromatic carbocycles. The number of benzene rings is 5. The first-order chi connectivity index (χ1) is 21.1. The third-order valence-electron chi connectivity index (χ3n) is 10.3. The third-order valence-corrected chi connectivity index (χ3v) is 27.9. The summed E-state index contributed by atoms with van der Waals surface area (Å²) >= 11 is -3.74. The number of hydrogen-bond acceptors (Lipinski definition) is 0. The molecule has 0 nitrogen and oxygen atoms in total. The number of halogens is 2. The predicted octanol–water partition coefficient (Wildman–Crippen LogP) is 12.1. The quantitative estimate of drug-likeness (QED) is 0.152. The van der Waals surface area contributed by atoms with E-state index in [2.05, 4.69) is 170 Å². The summed E-state index contributed by atoms with van der Waals surface area (Å²) in [5.74, 6) is 0.495. The molecule has 0 aliphatic heterocycles. The van der Waals surface area contributed by atoms with Crippen molar-refractivity contribution in [2.75, 3.05) is 0 Å². The van der Waals surface area contributed by atoms with Crippen LogP contribution in [0, 0.1) is 5.92 Å². The molecule has 0 fully saturated rings. The Kier molecular flexibility index (Phi) is 9.81. The van der Waals surface area contributed by atoms with Crippen LogP contribution in [0.5, 0.6) is 0 Å².